The van der Waals surface area contributed by atoms with E-state index >= 15 is 0 Å². The van der Waals surface area contributed by atoms with Crippen LogP contribution >= 0.6 is 22.7 Å². The molecular weight excluding hydrogens is 406 g/mol. The molecule has 2 aliphatic rings. The van der Waals surface area contributed by atoms with Gasteiger partial charge < -0.3 is 15.0 Å². The van der Waals surface area contributed by atoms with E-state index in [1.54, 1.807) is 17.5 Å². The molecule has 5 rings (SSSR count). The second-order valence-electron chi connectivity index (χ2n) is 7.38. The van der Waals surface area contributed by atoms with Crippen molar-refractivity contribution >= 4 is 39.5 Å². The molecule has 0 aromatic carbocycles. The van der Waals surface area contributed by atoms with Crippen LogP contribution in [-0.4, -0.2) is 51.1 Å². The zero-order valence-electron chi connectivity index (χ0n) is 16.2. The summed E-state index contributed by atoms with van der Waals surface area (Å²) in [5.74, 6) is 0.719. The van der Waals surface area contributed by atoms with E-state index in [-0.39, 0.29) is 18.0 Å². The number of morpholine rings is 1. The average molecular weight is 428 g/mol. The third kappa shape index (κ3) is 3.54. The van der Waals surface area contributed by atoms with E-state index in [0.29, 0.717) is 24.6 Å². The number of pyridine rings is 1. The van der Waals surface area contributed by atoms with Crippen LogP contribution in [0.5, 0.6) is 0 Å². The van der Waals surface area contributed by atoms with Gasteiger partial charge in [-0.2, -0.15) is 0 Å². The molecule has 2 bridgehead atoms. The summed E-state index contributed by atoms with van der Waals surface area (Å²) in [5.41, 5.74) is 2.54. The zero-order valence-corrected chi connectivity index (χ0v) is 17.8. The predicted molar refractivity (Wildman–Crippen MR) is 114 cm³/mol. The van der Waals surface area contributed by atoms with Gasteiger partial charge in [0.05, 0.1) is 52.1 Å². The zero-order chi connectivity index (χ0) is 20.0. The van der Waals surface area contributed by atoms with Crippen molar-refractivity contribution < 1.29 is 9.53 Å². The molecular formula is C20H21N5O2S2. The Bertz CT molecular complexity index is 1030. The summed E-state index contributed by atoms with van der Waals surface area (Å²) >= 11 is 3.18. The van der Waals surface area contributed by atoms with Gasteiger partial charge in [-0.25, -0.2) is 15.0 Å². The SMILES string of the molecule is Cc1nc(C)c(-c2csc(Nc3ccc(C(=O)N4[C@@H]5CC[C@H]4COC5)cn3)n2)s1. The number of aryl methyl sites for hydroxylation is 2. The first-order chi connectivity index (χ1) is 14.1. The molecule has 29 heavy (non-hydrogen) atoms. The van der Waals surface area contributed by atoms with E-state index in [1.807, 2.05) is 36.3 Å². The van der Waals surface area contributed by atoms with Crippen LogP contribution in [0.4, 0.5) is 10.9 Å². The Morgan fingerprint density at radius 2 is 2.00 bits per heavy atom. The normalized spacial score (nSPS) is 20.8. The van der Waals surface area contributed by atoms with Crippen molar-refractivity contribution in [2.24, 2.45) is 0 Å². The second kappa shape index (κ2) is 7.47. The van der Waals surface area contributed by atoms with Gasteiger partial charge in [-0.1, -0.05) is 0 Å². The van der Waals surface area contributed by atoms with Crippen molar-refractivity contribution in [3.8, 4) is 10.6 Å². The van der Waals surface area contributed by atoms with Gasteiger partial charge in [0, 0.05) is 11.6 Å². The molecule has 9 heteroatoms. The number of carbonyl (C=O) groups is 1. The molecule has 0 aliphatic carbocycles. The molecule has 0 spiro atoms. The number of nitrogens with one attached hydrogen (secondary N) is 1. The van der Waals surface area contributed by atoms with Crippen molar-refractivity contribution in [2.75, 3.05) is 18.5 Å². The van der Waals surface area contributed by atoms with Gasteiger partial charge in [-0.3, -0.25) is 4.79 Å². The van der Waals surface area contributed by atoms with E-state index in [0.717, 1.165) is 39.2 Å². The minimum absolute atomic E-state index is 0.0485. The fourth-order valence-electron chi connectivity index (χ4n) is 4.02. The van der Waals surface area contributed by atoms with Gasteiger partial charge in [0.2, 0.25) is 0 Å². The largest absolute Gasteiger partial charge is 0.377 e. The van der Waals surface area contributed by atoms with E-state index in [2.05, 4.69) is 20.3 Å². The van der Waals surface area contributed by atoms with Crippen molar-refractivity contribution in [1.82, 2.24) is 19.9 Å². The molecule has 0 radical (unpaired) electrons. The first-order valence-corrected chi connectivity index (χ1v) is 11.3. The number of ether oxygens (including phenoxy) is 1. The van der Waals surface area contributed by atoms with Crippen LogP contribution in [0.15, 0.2) is 23.7 Å². The lowest BCUT2D eigenvalue weighted by Gasteiger charge is -2.34. The van der Waals surface area contributed by atoms with E-state index in [1.165, 1.54) is 11.3 Å². The van der Waals surface area contributed by atoms with Crippen molar-refractivity contribution in [1.29, 1.82) is 0 Å². The summed E-state index contributed by atoms with van der Waals surface area (Å²) in [5, 5.41) is 7.06. The standard InChI is InChI=1S/C20H21N5O2S2/c1-11-18(29-12(2)22-11)16-10-28-20(23-16)24-17-6-3-13(7-21-17)19(26)25-14-4-5-15(25)9-27-8-14/h3,6-7,10,14-15H,4-5,8-9H2,1-2H3,(H,21,23,24)/t14-,15+. The van der Waals surface area contributed by atoms with Gasteiger partial charge in [0.25, 0.3) is 5.91 Å². The number of carbonyl (C=O) groups excluding carboxylic acids is 1. The second-order valence-corrected chi connectivity index (χ2v) is 9.44. The first kappa shape index (κ1) is 18.7. The smallest absolute Gasteiger partial charge is 0.256 e. The van der Waals surface area contributed by atoms with Crippen LogP contribution in [0, 0.1) is 13.8 Å². The highest BCUT2D eigenvalue weighted by atomic mass is 32.1. The number of hydrogen-bond acceptors (Lipinski definition) is 8. The molecule has 2 fully saturated rings. The summed E-state index contributed by atoms with van der Waals surface area (Å²) in [4.78, 5) is 29.6. The van der Waals surface area contributed by atoms with Crippen LogP contribution in [0.25, 0.3) is 10.6 Å². The van der Waals surface area contributed by atoms with Gasteiger partial charge in [0.15, 0.2) is 5.13 Å². The Labute approximate surface area is 176 Å². The Hall–Kier alpha value is -2.36. The molecule has 2 atom stereocenters. The Morgan fingerprint density at radius 1 is 1.21 bits per heavy atom. The van der Waals surface area contributed by atoms with E-state index in [9.17, 15) is 4.79 Å². The van der Waals surface area contributed by atoms with Gasteiger partial charge in [0.1, 0.15) is 5.82 Å². The molecule has 150 valence electrons. The molecule has 3 aromatic heterocycles. The van der Waals surface area contributed by atoms with Gasteiger partial charge >= 0.3 is 0 Å². The Kier molecular flexibility index (Phi) is 4.81. The number of anilines is 2. The highest BCUT2D eigenvalue weighted by Gasteiger charge is 2.40. The first-order valence-electron chi connectivity index (χ1n) is 9.62. The quantitative estimate of drug-likeness (QED) is 0.677. The lowest BCUT2D eigenvalue weighted by atomic mass is 10.2. The Morgan fingerprint density at radius 3 is 2.66 bits per heavy atom. The maximum Gasteiger partial charge on any atom is 0.256 e. The summed E-state index contributed by atoms with van der Waals surface area (Å²) < 4.78 is 5.57. The maximum absolute atomic E-state index is 12.9. The predicted octanol–water partition coefficient (Wildman–Crippen LogP) is 4.03. The summed E-state index contributed by atoms with van der Waals surface area (Å²) in [6.07, 6.45) is 3.69. The van der Waals surface area contributed by atoms with E-state index < -0.39 is 0 Å². The van der Waals surface area contributed by atoms with Gasteiger partial charge in [-0.05, 0) is 38.8 Å². The molecule has 5 heterocycles. The minimum atomic E-state index is 0.0485. The number of fused-ring (bicyclic) bond motifs is 2. The summed E-state index contributed by atoms with van der Waals surface area (Å²) in [6.45, 7) is 5.28. The number of thiazole rings is 2. The average Bonchev–Trinajstić information content (AvgIpc) is 3.37. The third-order valence-electron chi connectivity index (χ3n) is 5.36. The topological polar surface area (TPSA) is 80.2 Å². The molecule has 0 unspecified atom stereocenters. The summed E-state index contributed by atoms with van der Waals surface area (Å²) in [7, 11) is 0. The number of aromatic nitrogens is 3. The lowest BCUT2D eigenvalue weighted by Crippen LogP contribution is -2.49. The molecule has 2 aliphatic heterocycles. The van der Waals surface area contributed by atoms with E-state index in [4.69, 9.17) is 4.74 Å². The molecule has 0 saturated carbocycles. The highest BCUT2D eigenvalue weighted by Crippen LogP contribution is 2.33. The fraction of sp³-hybridized carbons (Fsp3) is 0.400. The van der Waals surface area contributed by atoms with Crippen molar-refractivity contribution in [3.05, 3.63) is 40.0 Å². The van der Waals surface area contributed by atoms with Crippen LogP contribution in [0.2, 0.25) is 0 Å². The molecule has 2 saturated heterocycles. The number of hydrogen-bond donors (Lipinski definition) is 1. The fourth-order valence-corrected chi connectivity index (χ4v) is 5.68. The number of amides is 1. The highest BCUT2D eigenvalue weighted by molar-refractivity contribution is 7.16. The summed E-state index contributed by atoms with van der Waals surface area (Å²) in [6, 6.07) is 4.06. The Balaban J connectivity index is 1.29. The lowest BCUT2D eigenvalue weighted by molar-refractivity contribution is -0.00717. The van der Waals surface area contributed by atoms with Gasteiger partial charge in [-0.15, -0.1) is 22.7 Å². The molecule has 3 aromatic rings. The monoisotopic (exact) mass is 427 g/mol. The molecule has 1 N–H and O–H groups in total. The van der Waals surface area contributed by atoms with Crippen molar-refractivity contribution in [3.63, 3.8) is 0 Å². The van der Waals surface area contributed by atoms with Crippen LogP contribution in [-0.2, 0) is 4.74 Å². The molecule has 1 amide bonds. The van der Waals surface area contributed by atoms with Crippen molar-refractivity contribution in [2.45, 2.75) is 38.8 Å². The minimum Gasteiger partial charge on any atom is -0.377 e. The number of rotatable bonds is 4. The van der Waals surface area contributed by atoms with Crippen LogP contribution in [0.3, 0.4) is 0 Å². The maximum atomic E-state index is 12.9. The third-order valence-corrected chi connectivity index (χ3v) is 7.21. The van der Waals surface area contributed by atoms with Crippen LogP contribution < -0.4 is 5.32 Å². The number of nitrogens with zero attached hydrogens (tertiary/aromatic N) is 4. The molecule has 7 nitrogen and oxygen atoms in total. The van der Waals surface area contributed by atoms with Crippen LogP contribution in [0.1, 0.15) is 33.9 Å².